The Hall–Kier alpha value is -4.00. The van der Waals surface area contributed by atoms with E-state index in [9.17, 15) is 9.59 Å². The monoisotopic (exact) mass is 403 g/mol. The van der Waals surface area contributed by atoms with Crippen LogP contribution < -0.4 is 14.9 Å². The number of carbonyl (C=O) groups is 2. The van der Waals surface area contributed by atoms with Gasteiger partial charge in [-0.15, -0.1) is 0 Å². The number of carbonyl (C=O) groups excluding carboxylic acids is 2. The molecular weight excluding hydrogens is 382 g/mol. The van der Waals surface area contributed by atoms with Crippen molar-refractivity contribution in [3.8, 4) is 11.5 Å². The molecule has 1 aromatic heterocycles. The molecule has 0 spiro atoms. The Morgan fingerprint density at radius 1 is 1.03 bits per heavy atom. The third kappa shape index (κ3) is 5.51. The molecule has 1 heterocycles. The van der Waals surface area contributed by atoms with Crippen LogP contribution in [0.5, 0.6) is 11.5 Å². The van der Waals surface area contributed by atoms with Gasteiger partial charge in [-0.3, -0.25) is 9.78 Å². The molecule has 0 unspecified atom stereocenters. The van der Waals surface area contributed by atoms with Crippen molar-refractivity contribution in [1.29, 1.82) is 0 Å². The van der Waals surface area contributed by atoms with Gasteiger partial charge in [0.1, 0.15) is 0 Å². The van der Waals surface area contributed by atoms with Gasteiger partial charge in [0, 0.05) is 11.9 Å². The Bertz CT molecular complexity index is 1050. The summed E-state index contributed by atoms with van der Waals surface area (Å²) in [6.45, 7) is 4.07. The van der Waals surface area contributed by atoms with E-state index in [1.807, 2.05) is 19.9 Å². The number of hydrogen-bond donors (Lipinski definition) is 1. The van der Waals surface area contributed by atoms with Crippen LogP contribution in [-0.4, -0.2) is 29.7 Å². The van der Waals surface area contributed by atoms with Crippen molar-refractivity contribution in [2.45, 2.75) is 13.8 Å². The molecule has 2 aromatic carbocycles. The molecule has 0 saturated heterocycles. The summed E-state index contributed by atoms with van der Waals surface area (Å²) in [5.41, 5.74) is 4.80. The van der Waals surface area contributed by atoms with E-state index in [0.717, 1.165) is 5.69 Å². The Balaban J connectivity index is 1.69. The number of nitrogens with one attached hydrogen (secondary N) is 1. The van der Waals surface area contributed by atoms with E-state index in [2.05, 4.69) is 15.5 Å². The average Bonchev–Trinajstić information content (AvgIpc) is 2.76. The van der Waals surface area contributed by atoms with Crippen LogP contribution in [0.3, 0.4) is 0 Å². The summed E-state index contributed by atoms with van der Waals surface area (Å²) >= 11 is 0. The lowest BCUT2D eigenvalue weighted by Gasteiger charge is -2.11. The summed E-state index contributed by atoms with van der Waals surface area (Å²) in [6.07, 6.45) is 2.97. The maximum Gasteiger partial charge on any atom is 0.343 e. The first kappa shape index (κ1) is 20.7. The minimum atomic E-state index is -0.475. The van der Waals surface area contributed by atoms with E-state index in [1.54, 1.807) is 54.6 Å². The number of aromatic nitrogens is 1. The third-order valence-electron chi connectivity index (χ3n) is 4.03. The molecule has 0 bridgehead atoms. The van der Waals surface area contributed by atoms with Crippen LogP contribution in [-0.2, 0) is 0 Å². The normalized spacial score (nSPS) is 10.6. The second kappa shape index (κ2) is 9.97. The molecule has 0 aliphatic heterocycles. The van der Waals surface area contributed by atoms with Crippen molar-refractivity contribution in [3.63, 3.8) is 0 Å². The van der Waals surface area contributed by atoms with E-state index < -0.39 is 5.97 Å². The molecule has 3 rings (SSSR count). The molecule has 30 heavy (non-hydrogen) atoms. The molecule has 0 atom stereocenters. The number of esters is 1. The van der Waals surface area contributed by atoms with Gasteiger partial charge in [0.2, 0.25) is 0 Å². The largest absolute Gasteiger partial charge is 0.490 e. The summed E-state index contributed by atoms with van der Waals surface area (Å²) in [4.78, 5) is 28.5. The number of rotatable bonds is 7. The third-order valence-corrected chi connectivity index (χ3v) is 4.03. The quantitative estimate of drug-likeness (QED) is 0.281. The molecule has 0 fully saturated rings. The number of benzene rings is 2. The van der Waals surface area contributed by atoms with Gasteiger partial charge in [-0.2, -0.15) is 5.10 Å². The highest BCUT2D eigenvalue weighted by atomic mass is 16.6. The number of ether oxygens (including phenoxy) is 2. The fraction of sp³-hybridized carbons (Fsp3) is 0.130. The Labute approximate surface area is 174 Å². The van der Waals surface area contributed by atoms with Gasteiger partial charge in [0.25, 0.3) is 5.91 Å². The van der Waals surface area contributed by atoms with Crippen LogP contribution in [0.2, 0.25) is 0 Å². The van der Waals surface area contributed by atoms with Crippen LogP contribution >= 0.6 is 0 Å². The van der Waals surface area contributed by atoms with E-state index in [0.29, 0.717) is 34.8 Å². The van der Waals surface area contributed by atoms with Crippen molar-refractivity contribution >= 4 is 18.1 Å². The zero-order chi connectivity index (χ0) is 21.3. The number of hydrazone groups is 1. The average molecular weight is 403 g/mol. The lowest BCUT2D eigenvalue weighted by atomic mass is 10.2. The van der Waals surface area contributed by atoms with Crippen molar-refractivity contribution in [2.24, 2.45) is 5.10 Å². The molecule has 7 heteroatoms. The summed E-state index contributed by atoms with van der Waals surface area (Å²) < 4.78 is 11.1. The van der Waals surface area contributed by atoms with Crippen molar-refractivity contribution < 1.29 is 19.1 Å². The van der Waals surface area contributed by atoms with Gasteiger partial charge >= 0.3 is 5.97 Å². The number of amides is 1. The molecular formula is C23H21N3O4. The number of pyridine rings is 1. The highest BCUT2D eigenvalue weighted by Gasteiger charge is 2.13. The predicted octanol–water partition coefficient (Wildman–Crippen LogP) is 3.77. The SMILES string of the molecule is CCOc1cc(C=NNC(=O)c2ccc(C)nc2)ccc1OC(=O)c1ccccc1. The molecule has 1 amide bonds. The van der Waals surface area contributed by atoms with Gasteiger partial charge in [-0.05, 0) is 61.9 Å². The first-order valence-corrected chi connectivity index (χ1v) is 9.37. The highest BCUT2D eigenvalue weighted by molar-refractivity contribution is 5.94. The number of nitrogens with zero attached hydrogens (tertiary/aromatic N) is 2. The number of aryl methyl sites for hydroxylation is 1. The molecule has 152 valence electrons. The van der Waals surface area contributed by atoms with Crippen molar-refractivity contribution in [3.05, 3.63) is 89.2 Å². The Morgan fingerprint density at radius 3 is 2.53 bits per heavy atom. The van der Waals surface area contributed by atoms with Gasteiger partial charge in [-0.25, -0.2) is 10.2 Å². The van der Waals surface area contributed by atoms with Gasteiger partial charge < -0.3 is 9.47 Å². The Kier molecular flexibility index (Phi) is 6.89. The fourth-order valence-corrected chi connectivity index (χ4v) is 2.52. The zero-order valence-corrected chi connectivity index (χ0v) is 16.7. The van der Waals surface area contributed by atoms with Crippen LogP contribution in [0.15, 0.2) is 72.0 Å². The van der Waals surface area contributed by atoms with Gasteiger partial charge in [0.15, 0.2) is 11.5 Å². The molecule has 0 radical (unpaired) electrons. The molecule has 3 aromatic rings. The molecule has 0 saturated carbocycles. The first-order valence-electron chi connectivity index (χ1n) is 9.37. The van der Waals surface area contributed by atoms with Crippen LogP contribution in [0.25, 0.3) is 0 Å². The fourth-order valence-electron chi connectivity index (χ4n) is 2.52. The van der Waals surface area contributed by atoms with Gasteiger partial charge in [-0.1, -0.05) is 18.2 Å². The number of hydrogen-bond acceptors (Lipinski definition) is 6. The van der Waals surface area contributed by atoms with Gasteiger partial charge in [0.05, 0.1) is 23.9 Å². The lowest BCUT2D eigenvalue weighted by Crippen LogP contribution is -2.17. The summed E-state index contributed by atoms with van der Waals surface area (Å²) in [5, 5.41) is 3.96. The van der Waals surface area contributed by atoms with E-state index in [1.165, 1.54) is 12.4 Å². The van der Waals surface area contributed by atoms with Crippen LogP contribution in [0.4, 0.5) is 0 Å². The summed E-state index contributed by atoms with van der Waals surface area (Å²) in [6, 6.07) is 17.1. The van der Waals surface area contributed by atoms with E-state index >= 15 is 0 Å². The second-order valence-electron chi connectivity index (χ2n) is 6.28. The standard InChI is InChI=1S/C23H21N3O4/c1-3-29-21-13-17(14-25-26-22(27)19-11-9-16(2)24-15-19)10-12-20(21)30-23(28)18-7-5-4-6-8-18/h4-15H,3H2,1-2H3,(H,26,27). The summed E-state index contributed by atoms with van der Waals surface area (Å²) in [5.74, 6) is -0.133. The first-order chi connectivity index (χ1) is 14.6. The Morgan fingerprint density at radius 2 is 1.83 bits per heavy atom. The van der Waals surface area contributed by atoms with Crippen molar-refractivity contribution in [2.75, 3.05) is 6.61 Å². The van der Waals surface area contributed by atoms with Crippen molar-refractivity contribution in [1.82, 2.24) is 10.4 Å². The topological polar surface area (TPSA) is 89.9 Å². The predicted molar refractivity (Wildman–Crippen MR) is 113 cm³/mol. The van der Waals surface area contributed by atoms with Crippen LogP contribution in [0, 0.1) is 6.92 Å². The second-order valence-corrected chi connectivity index (χ2v) is 6.28. The minimum absolute atomic E-state index is 0.303. The molecule has 7 nitrogen and oxygen atoms in total. The maximum absolute atomic E-state index is 12.3. The zero-order valence-electron chi connectivity index (χ0n) is 16.7. The highest BCUT2D eigenvalue weighted by Crippen LogP contribution is 2.29. The lowest BCUT2D eigenvalue weighted by molar-refractivity contribution is 0.0728. The molecule has 1 N–H and O–H groups in total. The maximum atomic E-state index is 12.3. The summed E-state index contributed by atoms with van der Waals surface area (Å²) in [7, 11) is 0. The van der Waals surface area contributed by atoms with E-state index in [-0.39, 0.29) is 5.91 Å². The van der Waals surface area contributed by atoms with Crippen LogP contribution in [0.1, 0.15) is 38.9 Å². The van der Waals surface area contributed by atoms with E-state index in [4.69, 9.17) is 9.47 Å². The minimum Gasteiger partial charge on any atom is -0.490 e. The molecule has 0 aliphatic rings. The molecule has 0 aliphatic carbocycles. The smallest absolute Gasteiger partial charge is 0.343 e.